The molecule has 0 atom stereocenters. The Labute approximate surface area is 145 Å². The number of amides is 2. The van der Waals surface area contributed by atoms with E-state index in [2.05, 4.69) is 10.3 Å². The second kappa shape index (κ2) is 7.40. The highest BCUT2D eigenvalue weighted by Gasteiger charge is 2.08. The van der Waals surface area contributed by atoms with Gasteiger partial charge in [0.25, 0.3) is 5.91 Å². The summed E-state index contributed by atoms with van der Waals surface area (Å²) in [6.07, 6.45) is 1.59. The van der Waals surface area contributed by atoms with E-state index in [1.165, 1.54) is 0 Å². The number of nitrogens with one attached hydrogen (secondary N) is 1. The Bertz CT molecular complexity index is 890. The first-order valence-corrected chi connectivity index (χ1v) is 7.82. The molecule has 5 heteroatoms. The van der Waals surface area contributed by atoms with E-state index in [0.717, 1.165) is 11.1 Å². The van der Waals surface area contributed by atoms with Crippen LogP contribution < -0.4 is 11.1 Å². The Morgan fingerprint density at radius 3 is 2.32 bits per heavy atom. The van der Waals surface area contributed by atoms with Crippen LogP contribution >= 0.6 is 0 Å². The van der Waals surface area contributed by atoms with Crippen molar-refractivity contribution >= 4 is 11.8 Å². The standard InChI is InChI=1S/C20H17N3O2/c21-19(24)16-8-6-15(7-9-16)18-12-17(10-11-22-18)20(25)23-13-14-4-2-1-3-5-14/h1-12H,13H2,(H2,21,24)(H,23,25). The second-order valence-corrected chi connectivity index (χ2v) is 5.54. The minimum absolute atomic E-state index is 0.166. The minimum atomic E-state index is -0.478. The number of carbonyl (C=O) groups is 2. The highest BCUT2D eigenvalue weighted by atomic mass is 16.2. The summed E-state index contributed by atoms with van der Waals surface area (Å²) in [5.41, 5.74) is 8.70. The van der Waals surface area contributed by atoms with Gasteiger partial charge in [0.1, 0.15) is 0 Å². The molecule has 1 heterocycles. The van der Waals surface area contributed by atoms with Crippen molar-refractivity contribution in [2.75, 3.05) is 0 Å². The molecule has 0 bridgehead atoms. The van der Waals surface area contributed by atoms with Gasteiger partial charge in [-0.1, -0.05) is 42.5 Å². The van der Waals surface area contributed by atoms with E-state index in [-0.39, 0.29) is 5.91 Å². The first kappa shape index (κ1) is 16.4. The molecule has 0 saturated carbocycles. The van der Waals surface area contributed by atoms with Crippen molar-refractivity contribution in [2.24, 2.45) is 5.73 Å². The van der Waals surface area contributed by atoms with Gasteiger partial charge in [0, 0.05) is 29.4 Å². The van der Waals surface area contributed by atoms with Gasteiger partial charge in [-0.05, 0) is 29.8 Å². The van der Waals surface area contributed by atoms with Crippen LogP contribution in [-0.4, -0.2) is 16.8 Å². The molecule has 2 amide bonds. The monoisotopic (exact) mass is 331 g/mol. The van der Waals surface area contributed by atoms with Crippen molar-refractivity contribution in [1.29, 1.82) is 0 Å². The average Bonchev–Trinajstić information content (AvgIpc) is 2.67. The van der Waals surface area contributed by atoms with E-state index in [1.54, 1.807) is 42.6 Å². The molecule has 2 aromatic carbocycles. The summed E-state index contributed by atoms with van der Waals surface area (Å²) in [5.74, 6) is -0.644. The zero-order valence-corrected chi connectivity index (χ0v) is 13.5. The van der Waals surface area contributed by atoms with Crippen LogP contribution in [0, 0.1) is 0 Å². The lowest BCUT2D eigenvalue weighted by molar-refractivity contribution is 0.0949. The van der Waals surface area contributed by atoms with E-state index in [1.807, 2.05) is 30.3 Å². The number of hydrogen-bond donors (Lipinski definition) is 2. The molecule has 0 radical (unpaired) electrons. The zero-order valence-electron chi connectivity index (χ0n) is 13.5. The molecule has 0 fully saturated rings. The molecule has 0 unspecified atom stereocenters. The summed E-state index contributed by atoms with van der Waals surface area (Å²) in [7, 11) is 0. The summed E-state index contributed by atoms with van der Waals surface area (Å²) >= 11 is 0. The molecule has 3 rings (SSSR count). The van der Waals surface area contributed by atoms with Crippen LogP contribution in [0.3, 0.4) is 0 Å². The third-order valence-corrected chi connectivity index (χ3v) is 3.78. The van der Waals surface area contributed by atoms with Gasteiger partial charge in [0.15, 0.2) is 0 Å². The van der Waals surface area contributed by atoms with Crippen LogP contribution in [0.2, 0.25) is 0 Å². The quantitative estimate of drug-likeness (QED) is 0.754. The van der Waals surface area contributed by atoms with Gasteiger partial charge in [0.2, 0.25) is 5.91 Å². The van der Waals surface area contributed by atoms with E-state index >= 15 is 0 Å². The third-order valence-electron chi connectivity index (χ3n) is 3.78. The number of pyridine rings is 1. The lowest BCUT2D eigenvalue weighted by Gasteiger charge is -2.07. The lowest BCUT2D eigenvalue weighted by Crippen LogP contribution is -2.22. The van der Waals surface area contributed by atoms with E-state index in [9.17, 15) is 9.59 Å². The Morgan fingerprint density at radius 2 is 1.64 bits per heavy atom. The number of benzene rings is 2. The molecular weight excluding hydrogens is 314 g/mol. The molecular formula is C20H17N3O2. The largest absolute Gasteiger partial charge is 0.366 e. The maximum atomic E-state index is 12.3. The summed E-state index contributed by atoms with van der Waals surface area (Å²) < 4.78 is 0. The van der Waals surface area contributed by atoms with Crippen LogP contribution in [0.5, 0.6) is 0 Å². The van der Waals surface area contributed by atoms with Crippen molar-refractivity contribution in [3.63, 3.8) is 0 Å². The van der Waals surface area contributed by atoms with Gasteiger partial charge >= 0.3 is 0 Å². The van der Waals surface area contributed by atoms with Crippen LogP contribution in [0.25, 0.3) is 11.3 Å². The first-order valence-electron chi connectivity index (χ1n) is 7.82. The Hall–Kier alpha value is -3.47. The fraction of sp³-hybridized carbons (Fsp3) is 0.0500. The van der Waals surface area contributed by atoms with Crippen LogP contribution in [0.15, 0.2) is 72.9 Å². The topological polar surface area (TPSA) is 85.1 Å². The van der Waals surface area contributed by atoms with E-state index in [4.69, 9.17) is 5.73 Å². The van der Waals surface area contributed by atoms with Crippen LogP contribution in [0.1, 0.15) is 26.3 Å². The van der Waals surface area contributed by atoms with Gasteiger partial charge in [-0.3, -0.25) is 14.6 Å². The number of primary amides is 1. The van der Waals surface area contributed by atoms with Gasteiger partial charge < -0.3 is 11.1 Å². The molecule has 25 heavy (non-hydrogen) atoms. The van der Waals surface area contributed by atoms with E-state index in [0.29, 0.717) is 23.4 Å². The number of carbonyl (C=O) groups excluding carboxylic acids is 2. The molecule has 3 N–H and O–H groups in total. The van der Waals surface area contributed by atoms with Crippen molar-refractivity contribution in [1.82, 2.24) is 10.3 Å². The van der Waals surface area contributed by atoms with Crippen molar-refractivity contribution in [3.8, 4) is 11.3 Å². The number of nitrogens with zero attached hydrogens (tertiary/aromatic N) is 1. The summed E-state index contributed by atoms with van der Waals surface area (Å²) in [4.78, 5) is 27.8. The maximum Gasteiger partial charge on any atom is 0.251 e. The normalized spacial score (nSPS) is 10.2. The highest BCUT2D eigenvalue weighted by Crippen LogP contribution is 2.18. The first-order chi connectivity index (χ1) is 12.1. The van der Waals surface area contributed by atoms with Gasteiger partial charge in [0.05, 0.1) is 5.69 Å². The fourth-order valence-electron chi connectivity index (χ4n) is 2.42. The molecule has 124 valence electrons. The zero-order chi connectivity index (χ0) is 17.6. The summed E-state index contributed by atoms with van der Waals surface area (Å²) in [6.45, 7) is 0.463. The summed E-state index contributed by atoms with van der Waals surface area (Å²) in [5, 5.41) is 2.89. The molecule has 3 aromatic rings. The lowest BCUT2D eigenvalue weighted by atomic mass is 10.1. The van der Waals surface area contributed by atoms with Crippen LogP contribution in [-0.2, 0) is 6.54 Å². The third kappa shape index (κ3) is 4.09. The second-order valence-electron chi connectivity index (χ2n) is 5.54. The predicted molar refractivity (Wildman–Crippen MR) is 95.8 cm³/mol. The van der Waals surface area contributed by atoms with Crippen molar-refractivity contribution in [3.05, 3.63) is 89.6 Å². The number of aromatic nitrogens is 1. The SMILES string of the molecule is NC(=O)c1ccc(-c2cc(C(=O)NCc3ccccc3)ccn2)cc1. The molecule has 0 aliphatic heterocycles. The Morgan fingerprint density at radius 1 is 0.920 bits per heavy atom. The number of hydrogen-bond acceptors (Lipinski definition) is 3. The average molecular weight is 331 g/mol. The minimum Gasteiger partial charge on any atom is -0.366 e. The van der Waals surface area contributed by atoms with Gasteiger partial charge in [-0.2, -0.15) is 0 Å². The number of rotatable bonds is 5. The molecule has 0 spiro atoms. The molecule has 5 nitrogen and oxygen atoms in total. The molecule has 0 aliphatic rings. The van der Waals surface area contributed by atoms with Gasteiger partial charge in [-0.25, -0.2) is 0 Å². The molecule has 0 aliphatic carbocycles. The maximum absolute atomic E-state index is 12.3. The van der Waals surface area contributed by atoms with Crippen molar-refractivity contribution < 1.29 is 9.59 Å². The highest BCUT2D eigenvalue weighted by molar-refractivity contribution is 5.95. The van der Waals surface area contributed by atoms with Crippen LogP contribution in [0.4, 0.5) is 0 Å². The van der Waals surface area contributed by atoms with E-state index < -0.39 is 5.91 Å². The Balaban J connectivity index is 1.74. The van der Waals surface area contributed by atoms with Gasteiger partial charge in [-0.15, -0.1) is 0 Å². The molecule has 1 aromatic heterocycles. The Kier molecular flexibility index (Phi) is 4.85. The smallest absolute Gasteiger partial charge is 0.251 e. The molecule has 0 saturated heterocycles. The fourth-order valence-corrected chi connectivity index (χ4v) is 2.42. The predicted octanol–water partition coefficient (Wildman–Crippen LogP) is 2.78. The number of nitrogens with two attached hydrogens (primary N) is 1. The van der Waals surface area contributed by atoms with Crippen molar-refractivity contribution in [2.45, 2.75) is 6.54 Å². The summed E-state index contributed by atoms with van der Waals surface area (Å²) in [6, 6.07) is 19.9.